The van der Waals surface area contributed by atoms with Gasteiger partial charge in [0.15, 0.2) is 0 Å². The molecular weight excluding hydrogens is 275 g/mol. The van der Waals surface area contributed by atoms with E-state index in [0.717, 1.165) is 18.2 Å². The van der Waals surface area contributed by atoms with Crippen LogP contribution in [0.2, 0.25) is 0 Å². The smallest absolute Gasteiger partial charge is 0.339 e. The summed E-state index contributed by atoms with van der Waals surface area (Å²) in [4.78, 5) is 15.2. The molecule has 1 aromatic heterocycles. The molecule has 0 aliphatic heterocycles. The van der Waals surface area contributed by atoms with Crippen molar-refractivity contribution in [1.29, 1.82) is 5.26 Å². The predicted molar refractivity (Wildman–Crippen MR) is 71.9 cm³/mol. The van der Waals surface area contributed by atoms with Crippen LogP contribution in [0.15, 0.2) is 24.3 Å². The number of aromatic carboxylic acids is 1. The van der Waals surface area contributed by atoms with Crippen molar-refractivity contribution in [2.45, 2.75) is 13.8 Å². The third-order valence-electron chi connectivity index (χ3n) is 2.80. The molecule has 0 fully saturated rings. The number of nitriles is 1. The summed E-state index contributed by atoms with van der Waals surface area (Å²) in [5.74, 6) is -2.13. The van der Waals surface area contributed by atoms with Crippen LogP contribution < -0.4 is 4.74 Å². The van der Waals surface area contributed by atoms with Crippen molar-refractivity contribution in [2.24, 2.45) is 0 Å². The largest absolute Gasteiger partial charge is 0.478 e. The Kier molecular flexibility index (Phi) is 3.85. The Bertz CT molecular complexity index is 766. The second kappa shape index (κ2) is 5.59. The summed E-state index contributed by atoms with van der Waals surface area (Å²) < 4.78 is 18.7. The lowest BCUT2D eigenvalue weighted by Crippen LogP contribution is -2.03. The third kappa shape index (κ3) is 2.98. The molecule has 21 heavy (non-hydrogen) atoms. The van der Waals surface area contributed by atoms with Gasteiger partial charge in [-0.05, 0) is 37.6 Å². The number of rotatable bonds is 3. The van der Waals surface area contributed by atoms with E-state index in [1.165, 1.54) is 0 Å². The molecule has 5 nitrogen and oxygen atoms in total. The third-order valence-corrected chi connectivity index (χ3v) is 2.80. The standard InChI is InChI=1S/C15H11FN2O3/c1-8-5-9(2)18-14(12(8)7-17)21-13-6-10(16)3-4-11(13)15(19)20/h3-6H,1-2H3,(H,19,20). The Morgan fingerprint density at radius 3 is 2.71 bits per heavy atom. The summed E-state index contributed by atoms with van der Waals surface area (Å²) in [6.45, 7) is 3.43. The van der Waals surface area contributed by atoms with Crippen LogP contribution in [0.4, 0.5) is 4.39 Å². The molecule has 0 saturated carbocycles. The molecule has 0 saturated heterocycles. The monoisotopic (exact) mass is 286 g/mol. The molecule has 0 unspecified atom stereocenters. The molecule has 0 atom stereocenters. The fourth-order valence-electron chi connectivity index (χ4n) is 1.87. The first-order chi connectivity index (χ1) is 9.92. The van der Waals surface area contributed by atoms with E-state index in [9.17, 15) is 9.18 Å². The molecule has 0 aliphatic rings. The highest BCUT2D eigenvalue weighted by Gasteiger charge is 2.17. The van der Waals surface area contributed by atoms with Crippen molar-refractivity contribution >= 4 is 5.97 Å². The molecule has 0 amide bonds. The number of carbonyl (C=O) groups is 1. The van der Waals surface area contributed by atoms with Gasteiger partial charge in [0, 0.05) is 11.8 Å². The predicted octanol–water partition coefficient (Wildman–Crippen LogP) is 3.20. The van der Waals surface area contributed by atoms with E-state index in [1.807, 2.05) is 6.07 Å². The van der Waals surface area contributed by atoms with Crippen LogP contribution in [0.3, 0.4) is 0 Å². The Hall–Kier alpha value is -2.94. The van der Waals surface area contributed by atoms with Crippen molar-refractivity contribution in [3.8, 4) is 17.7 Å². The van der Waals surface area contributed by atoms with Crippen molar-refractivity contribution in [1.82, 2.24) is 4.98 Å². The Labute approximate surface area is 120 Å². The van der Waals surface area contributed by atoms with Gasteiger partial charge in [0.2, 0.25) is 5.88 Å². The van der Waals surface area contributed by atoms with Gasteiger partial charge < -0.3 is 9.84 Å². The van der Waals surface area contributed by atoms with Gasteiger partial charge in [-0.3, -0.25) is 0 Å². The summed E-state index contributed by atoms with van der Waals surface area (Å²) in [6, 6.07) is 6.72. The summed E-state index contributed by atoms with van der Waals surface area (Å²) in [7, 11) is 0. The highest BCUT2D eigenvalue weighted by atomic mass is 19.1. The first kappa shape index (κ1) is 14.5. The maximum atomic E-state index is 13.3. The Balaban J connectivity index is 2.55. The van der Waals surface area contributed by atoms with Crippen LogP contribution in [0.1, 0.15) is 27.2 Å². The van der Waals surface area contributed by atoms with Crippen LogP contribution in [0, 0.1) is 31.0 Å². The Morgan fingerprint density at radius 1 is 1.38 bits per heavy atom. The van der Waals surface area contributed by atoms with E-state index in [2.05, 4.69) is 4.98 Å². The highest BCUT2D eigenvalue weighted by molar-refractivity contribution is 5.91. The Morgan fingerprint density at radius 2 is 2.10 bits per heavy atom. The van der Waals surface area contributed by atoms with Crippen LogP contribution >= 0.6 is 0 Å². The van der Waals surface area contributed by atoms with Gasteiger partial charge in [0.05, 0.1) is 0 Å². The minimum absolute atomic E-state index is 0.0388. The van der Waals surface area contributed by atoms with E-state index in [1.54, 1.807) is 19.9 Å². The second-order valence-corrected chi connectivity index (χ2v) is 4.42. The molecule has 0 aliphatic carbocycles. The van der Waals surface area contributed by atoms with Gasteiger partial charge in [0.25, 0.3) is 0 Å². The number of halogens is 1. The summed E-state index contributed by atoms with van der Waals surface area (Å²) in [6.07, 6.45) is 0. The van der Waals surface area contributed by atoms with E-state index in [4.69, 9.17) is 15.1 Å². The average molecular weight is 286 g/mol. The van der Waals surface area contributed by atoms with Gasteiger partial charge >= 0.3 is 5.97 Å². The van der Waals surface area contributed by atoms with Crippen molar-refractivity contribution in [2.75, 3.05) is 0 Å². The number of hydrogen-bond acceptors (Lipinski definition) is 4. The second-order valence-electron chi connectivity index (χ2n) is 4.42. The van der Waals surface area contributed by atoms with E-state index in [0.29, 0.717) is 11.3 Å². The molecule has 1 heterocycles. The fourth-order valence-corrected chi connectivity index (χ4v) is 1.87. The average Bonchev–Trinajstić information content (AvgIpc) is 2.37. The summed E-state index contributed by atoms with van der Waals surface area (Å²) in [5.41, 5.74) is 1.23. The number of benzene rings is 1. The number of ether oxygens (including phenoxy) is 1. The van der Waals surface area contributed by atoms with E-state index >= 15 is 0 Å². The zero-order chi connectivity index (χ0) is 15.6. The van der Waals surface area contributed by atoms with Crippen LogP contribution in [0.5, 0.6) is 11.6 Å². The number of nitrogens with zero attached hydrogens (tertiary/aromatic N) is 2. The highest BCUT2D eigenvalue weighted by Crippen LogP contribution is 2.29. The fraction of sp³-hybridized carbons (Fsp3) is 0.133. The van der Waals surface area contributed by atoms with Gasteiger partial charge in [-0.2, -0.15) is 5.26 Å². The molecule has 106 valence electrons. The van der Waals surface area contributed by atoms with Crippen molar-refractivity contribution < 1.29 is 19.0 Å². The van der Waals surface area contributed by atoms with Gasteiger partial charge in [-0.25, -0.2) is 14.2 Å². The lowest BCUT2D eigenvalue weighted by atomic mass is 10.1. The molecule has 6 heteroatoms. The minimum Gasteiger partial charge on any atom is -0.478 e. The number of pyridine rings is 1. The quantitative estimate of drug-likeness (QED) is 0.936. The maximum Gasteiger partial charge on any atom is 0.339 e. The zero-order valence-electron chi connectivity index (χ0n) is 11.3. The number of aryl methyl sites for hydroxylation is 2. The lowest BCUT2D eigenvalue weighted by Gasteiger charge is -2.11. The van der Waals surface area contributed by atoms with Crippen LogP contribution in [0.25, 0.3) is 0 Å². The number of carboxylic acid groups (broad SMARTS) is 1. The molecule has 0 bridgehead atoms. The molecule has 1 aromatic carbocycles. The van der Waals surface area contributed by atoms with Crippen LogP contribution in [-0.4, -0.2) is 16.1 Å². The molecule has 2 aromatic rings. The van der Waals surface area contributed by atoms with Crippen molar-refractivity contribution in [3.63, 3.8) is 0 Å². The maximum absolute atomic E-state index is 13.3. The number of hydrogen-bond donors (Lipinski definition) is 1. The SMILES string of the molecule is Cc1cc(C)c(C#N)c(Oc2cc(F)ccc2C(=O)O)n1. The normalized spacial score (nSPS) is 10.0. The van der Waals surface area contributed by atoms with Crippen LogP contribution in [-0.2, 0) is 0 Å². The number of aromatic nitrogens is 1. The molecule has 2 rings (SSSR count). The van der Waals surface area contributed by atoms with Gasteiger partial charge in [-0.1, -0.05) is 0 Å². The number of carboxylic acids is 1. The van der Waals surface area contributed by atoms with Gasteiger partial charge in [-0.15, -0.1) is 0 Å². The van der Waals surface area contributed by atoms with E-state index in [-0.39, 0.29) is 22.8 Å². The molecule has 0 radical (unpaired) electrons. The first-order valence-electron chi connectivity index (χ1n) is 6.01. The summed E-state index contributed by atoms with van der Waals surface area (Å²) in [5, 5.41) is 18.2. The lowest BCUT2D eigenvalue weighted by molar-refractivity contribution is 0.0694. The topological polar surface area (TPSA) is 83.2 Å². The molecular formula is C15H11FN2O3. The van der Waals surface area contributed by atoms with Crippen molar-refractivity contribution in [3.05, 3.63) is 52.5 Å². The summed E-state index contributed by atoms with van der Waals surface area (Å²) >= 11 is 0. The first-order valence-corrected chi connectivity index (χ1v) is 6.01. The molecule has 1 N–H and O–H groups in total. The molecule has 0 spiro atoms. The minimum atomic E-state index is -1.26. The van der Waals surface area contributed by atoms with Gasteiger partial charge in [0.1, 0.15) is 28.8 Å². The van der Waals surface area contributed by atoms with E-state index < -0.39 is 11.8 Å². The zero-order valence-corrected chi connectivity index (χ0v) is 11.3.